The fourth-order valence-electron chi connectivity index (χ4n) is 1.89. The molecule has 0 aliphatic carbocycles. The van der Waals surface area contributed by atoms with Crippen molar-refractivity contribution >= 4 is 17.2 Å². The molecule has 0 aliphatic rings. The van der Waals surface area contributed by atoms with Gasteiger partial charge in [0.05, 0.1) is 11.8 Å². The zero-order valence-electron chi connectivity index (χ0n) is 11.2. The van der Waals surface area contributed by atoms with Crippen LogP contribution in [0.15, 0.2) is 30.6 Å². The summed E-state index contributed by atoms with van der Waals surface area (Å²) in [6.45, 7) is 6.13. The van der Waals surface area contributed by atoms with Crippen molar-refractivity contribution in [3.63, 3.8) is 0 Å². The van der Waals surface area contributed by atoms with E-state index in [-0.39, 0.29) is 0 Å². The van der Waals surface area contributed by atoms with E-state index < -0.39 is 0 Å². The Kier molecular flexibility index (Phi) is 3.81. The minimum atomic E-state index is 0.305. The molecule has 0 aliphatic heterocycles. The van der Waals surface area contributed by atoms with Crippen molar-refractivity contribution in [1.82, 2.24) is 4.98 Å². The van der Waals surface area contributed by atoms with Gasteiger partial charge >= 0.3 is 0 Å². The molecular formula is C15H16N2OS. The van der Waals surface area contributed by atoms with E-state index in [4.69, 9.17) is 22.7 Å². The number of hydrogen-bond acceptors (Lipinski definition) is 3. The number of nitrogens with zero attached hydrogens (tertiary/aromatic N) is 1. The Hall–Kier alpha value is -1.94. The van der Waals surface area contributed by atoms with Crippen molar-refractivity contribution in [2.45, 2.75) is 20.8 Å². The Labute approximate surface area is 118 Å². The first-order chi connectivity index (χ1) is 8.99. The van der Waals surface area contributed by atoms with Gasteiger partial charge in [0.1, 0.15) is 10.7 Å². The average Bonchev–Trinajstić information content (AvgIpc) is 2.35. The number of pyridine rings is 1. The predicted molar refractivity (Wildman–Crippen MR) is 80.9 cm³/mol. The molecule has 2 aromatic rings. The van der Waals surface area contributed by atoms with Crippen LogP contribution in [0, 0.1) is 20.8 Å². The molecule has 1 aromatic carbocycles. The number of ether oxygens (including phenoxy) is 1. The van der Waals surface area contributed by atoms with Gasteiger partial charge in [0.2, 0.25) is 0 Å². The second-order valence-corrected chi connectivity index (χ2v) is 4.98. The molecule has 4 heteroatoms. The van der Waals surface area contributed by atoms with E-state index >= 15 is 0 Å². The lowest BCUT2D eigenvalue weighted by Gasteiger charge is -2.14. The second kappa shape index (κ2) is 5.36. The summed E-state index contributed by atoms with van der Waals surface area (Å²) >= 11 is 5.02. The summed E-state index contributed by atoms with van der Waals surface area (Å²) in [5.41, 5.74) is 9.83. The summed E-state index contributed by atoms with van der Waals surface area (Å²) in [4.78, 5) is 4.36. The molecule has 0 saturated heterocycles. The molecule has 0 unspecified atom stereocenters. The van der Waals surface area contributed by atoms with Crippen molar-refractivity contribution in [1.29, 1.82) is 0 Å². The zero-order chi connectivity index (χ0) is 14.0. The maximum atomic E-state index is 5.93. The summed E-state index contributed by atoms with van der Waals surface area (Å²) in [6.07, 6.45) is 3.28. The molecule has 0 atom stereocenters. The molecule has 1 aromatic heterocycles. The highest BCUT2D eigenvalue weighted by Crippen LogP contribution is 2.29. The fraction of sp³-hybridized carbons (Fsp3) is 0.200. The summed E-state index contributed by atoms with van der Waals surface area (Å²) in [5.74, 6) is 1.39. The molecule has 2 rings (SSSR count). The van der Waals surface area contributed by atoms with Crippen molar-refractivity contribution in [3.8, 4) is 11.5 Å². The lowest BCUT2D eigenvalue weighted by atomic mass is 10.1. The molecule has 3 nitrogen and oxygen atoms in total. The fourth-order valence-corrected chi connectivity index (χ4v) is 2.06. The highest BCUT2D eigenvalue weighted by Gasteiger charge is 2.10. The number of aryl methyl sites for hydroxylation is 2. The lowest BCUT2D eigenvalue weighted by Crippen LogP contribution is -2.11. The average molecular weight is 272 g/mol. The summed E-state index contributed by atoms with van der Waals surface area (Å²) in [5, 5.41) is 0. The van der Waals surface area contributed by atoms with Gasteiger partial charge in [-0.2, -0.15) is 0 Å². The Balaban J connectivity index is 2.45. The normalized spacial score (nSPS) is 10.3. The Morgan fingerprint density at radius 1 is 1.21 bits per heavy atom. The lowest BCUT2D eigenvalue weighted by molar-refractivity contribution is 0.474. The summed E-state index contributed by atoms with van der Waals surface area (Å²) < 4.78 is 5.93. The van der Waals surface area contributed by atoms with E-state index in [1.54, 1.807) is 18.5 Å². The van der Waals surface area contributed by atoms with Crippen molar-refractivity contribution in [2.24, 2.45) is 5.73 Å². The molecule has 0 amide bonds. The van der Waals surface area contributed by atoms with E-state index in [1.807, 2.05) is 19.9 Å². The van der Waals surface area contributed by atoms with Crippen molar-refractivity contribution in [3.05, 3.63) is 52.8 Å². The highest BCUT2D eigenvalue weighted by molar-refractivity contribution is 7.80. The van der Waals surface area contributed by atoms with Gasteiger partial charge in [-0.15, -0.1) is 0 Å². The van der Waals surface area contributed by atoms with Gasteiger partial charge in [-0.25, -0.2) is 0 Å². The van der Waals surface area contributed by atoms with Gasteiger partial charge in [0, 0.05) is 6.20 Å². The van der Waals surface area contributed by atoms with Crippen LogP contribution >= 0.6 is 12.2 Å². The molecule has 98 valence electrons. The van der Waals surface area contributed by atoms with E-state index in [1.165, 1.54) is 5.56 Å². The maximum absolute atomic E-state index is 5.93. The van der Waals surface area contributed by atoms with Crippen LogP contribution in [0.1, 0.15) is 22.3 Å². The highest BCUT2D eigenvalue weighted by atomic mass is 32.1. The quantitative estimate of drug-likeness (QED) is 0.870. The van der Waals surface area contributed by atoms with Crippen molar-refractivity contribution in [2.75, 3.05) is 0 Å². The summed E-state index contributed by atoms with van der Waals surface area (Å²) in [7, 11) is 0. The first-order valence-electron chi connectivity index (χ1n) is 5.98. The third-order valence-corrected chi connectivity index (χ3v) is 3.25. The van der Waals surface area contributed by atoms with Crippen LogP contribution in [0.4, 0.5) is 0 Å². The molecule has 2 N–H and O–H groups in total. The van der Waals surface area contributed by atoms with Gasteiger partial charge in [-0.3, -0.25) is 4.98 Å². The topological polar surface area (TPSA) is 48.1 Å². The van der Waals surface area contributed by atoms with E-state index in [2.05, 4.69) is 18.0 Å². The third-order valence-electron chi connectivity index (χ3n) is 3.03. The van der Waals surface area contributed by atoms with Gasteiger partial charge in [-0.05, 0) is 49.6 Å². The van der Waals surface area contributed by atoms with Crippen LogP contribution in [-0.2, 0) is 0 Å². The van der Waals surface area contributed by atoms with Crippen LogP contribution in [-0.4, -0.2) is 9.97 Å². The minimum Gasteiger partial charge on any atom is -0.455 e. The van der Waals surface area contributed by atoms with Crippen LogP contribution in [0.2, 0.25) is 0 Å². The maximum Gasteiger partial charge on any atom is 0.155 e. The smallest absolute Gasteiger partial charge is 0.155 e. The molecule has 1 heterocycles. The van der Waals surface area contributed by atoms with Crippen LogP contribution in [0.3, 0.4) is 0 Å². The number of thiocarbonyl (C=S) groups is 1. The van der Waals surface area contributed by atoms with Gasteiger partial charge in [0.25, 0.3) is 0 Å². The van der Waals surface area contributed by atoms with Crippen LogP contribution < -0.4 is 10.5 Å². The number of hydrogen-bond donors (Lipinski definition) is 1. The number of rotatable bonds is 3. The SMILES string of the molecule is Cc1cc(C)c(C)c(Oc2cnccc2C(N)=S)c1. The Morgan fingerprint density at radius 3 is 2.63 bits per heavy atom. The van der Waals surface area contributed by atoms with E-state index in [9.17, 15) is 0 Å². The monoisotopic (exact) mass is 272 g/mol. The molecular weight excluding hydrogens is 256 g/mol. The minimum absolute atomic E-state index is 0.305. The zero-order valence-corrected chi connectivity index (χ0v) is 12.0. The van der Waals surface area contributed by atoms with E-state index in [0.717, 1.165) is 16.9 Å². The van der Waals surface area contributed by atoms with Crippen molar-refractivity contribution < 1.29 is 4.74 Å². The van der Waals surface area contributed by atoms with E-state index in [0.29, 0.717) is 16.3 Å². The predicted octanol–water partition coefficient (Wildman–Crippen LogP) is 3.43. The second-order valence-electron chi connectivity index (χ2n) is 4.54. The van der Waals surface area contributed by atoms with Crippen LogP contribution in [0.25, 0.3) is 0 Å². The first-order valence-corrected chi connectivity index (χ1v) is 6.39. The van der Waals surface area contributed by atoms with Gasteiger partial charge in [-0.1, -0.05) is 18.3 Å². The largest absolute Gasteiger partial charge is 0.455 e. The number of nitrogens with two attached hydrogens (primary N) is 1. The number of aromatic nitrogens is 1. The Bertz CT molecular complexity index is 638. The van der Waals surface area contributed by atoms with Crippen LogP contribution in [0.5, 0.6) is 11.5 Å². The summed E-state index contributed by atoms with van der Waals surface area (Å²) in [6, 6.07) is 5.88. The molecule has 0 saturated carbocycles. The molecule has 0 spiro atoms. The standard InChI is InChI=1S/C15H16N2OS/c1-9-6-10(2)11(3)13(7-9)18-14-8-17-5-4-12(14)15(16)19/h4-8H,1-3H3,(H2,16,19). The molecule has 0 bridgehead atoms. The Morgan fingerprint density at radius 2 is 1.95 bits per heavy atom. The third kappa shape index (κ3) is 2.90. The molecule has 0 fully saturated rings. The van der Waals surface area contributed by atoms with Gasteiger partial charge < -0.3 is 10.5 Å². The van der Waals surface area contributed by atoms with Gasteiger partial charge in [0.15, 0.2) is 5.75 Å². The number of benzene rings is 1. The molecule has 19 heavy (non-hydrogen) atoms. The molecule has 0 radical (unpaired) electrons. The first kappa shape index (κ1) is 13.5.